The lowest BCUT2D eigenvalue weighted by Gasteiger charge is -2.29. The van der Waals surface area contributed by atoms with E-state index in [0.717, 1.165) is 0 Å². The van der Waals surface area contributed by atoms with E-state index < -0.39 is 0 Å². The Morgan fingerprint density at radius 2 is 1.64 bits per heavy atom. The summed E-state index contributed by atoms with van der Waals surface area (Å²) in [5.74, 6) is 0.268. The fourth-order valence-corrected chi connectivity index (χ4v) is 1.06. The van der Waals surface area contributed by atoms with Crippen molar-refractivity contribution in [3.05, 3.63) is 0 Å². The van der Waals surface area contributed by atoms with Gasteiger partial charge in [-0.25, -0.2) is 0 Å². The van der Waals surface area contributed by atoms with Crippen LogP contribution in [0, 0.1) is 5.41 Å². The number of Topliss-reactive ketones (excluding diaryl/α,β-unsaturated/α-hetero) is 1. The van der Waals surface area contributed by atoms with E-state index in [2.05, 4.69) is 20.8 Å². The lowest BCUT2D eigenvalue weighted by molar-refractivity contribution is -0.126. The predicted octanol–water partition coefficient (Wildman–Crippen LogP) is 3.20. The highest BCUT2D eigenvalue weighted by Gasteiger charge is 2.24. The average Bonchev–Trinajstić information content (AvgIpc) is 1.99. The summed E-state index contributed by atoms with van der Waals surface area (Å²) in [6, 6.07) is 0. The third-order valence-electron chi connectivity index (χ3n) is 1.91. The first kappa shape index (κ1) is 13.6. The first-order valence-electron chi connectivity index (χ1n) is 5.32. The third kappa shape index (κ3) is 7.07. The molecule has 0 spiro atoms. The summed E-state index contributed by atoms with van der Waals surface area (Å²) < 4.78 is 5.75. The van der Waals surface area contributed by atoms with Crippen LogP contribution in [-0.2, 0) is 9.53 Å². The van der Waals surface area contributed by atoms with Crippen molar-refractivity contribution in [1.29, 1.82) is 0 Å². The Balaban J connectivity index is 4.01. The summed E-state index contributed by atoms with van der Waals surface area (Å²) in [5, 5.41) is 0. The van der Waals surface area contributed by atoms with Crippen LogP contribution in [0.2, 0.25) is 0 Å². The van der Waals surface area contributed by atoms with Gasteiger partial charge in [0.1, 0.15) is 5.78 Å². The van der Waals surface area contributed by atoms with Gasteiger partial charge in [-0.05, 0) is 19.3 Å². The van der Waals surface area contributed by atoms with Gasteiger partial charge in [-0.1, -0.05) is 27.7 Å². The van der Waals surface area contributed by atoms with E-state index in [4.69, 9.17) is 4.74 Å². The average molecular weight is 200 g/mol. The molecule has 0 rings (SSSR count). The van der Waals surface area contributed by atoms with Crippen LogP contribution in [0.25, 0.3) is 0 Å². The standard InChI is InChI=1S/C12H24O2/c1-7-10(13)8-12(5,6)14-9-11(2,3)4/h7-9H2,1-6H3. The van der Waals surface area contributed by atoms with Crippen molar-refractivity contribution in [3.8, 4) is 0 Å². The van der Waals surface area contributed by atoms with Crippen molar-refractivity contribution in [2.24, 2.45) is 5.41 Å². The summed E-state index contributed by atoms with van der Waals surface area (Å²) in [4.78, 5) is 11.3. The molecule has 0 radical (unpaired) electrons. The van der Waals surface area contributed by atoms with Crippen LogP contribution in [0.5, 0.6) is 0 Å². The molecule has 0 amide bonds. The molecule has 0 atom stereocenters. The zero-order valence-corrected chi connectivity index (χ0v) is 10.4. The van der Waals surface area contributed by atoms with E-state index in [9.17, 15) is 4.79 Å². The highest BCUT2D eigenvalue weighted by Crippen LogP contribution is 2.21. The van der Waals surface area contributed by atoms with Gasteiger partial charge in [-0.3, -0.25) is 4.79 Å². The van der Waals surface area contributed by atoms with Crippen LogP contribution < -0.4 is 0 Å². The molecule has 0 aromatic carbocycles. The molecule has 0 heterocycles. The smallest absolute Gasteiger partial charge is 0.135 e. The van der Waals surface area contributed by atoms with Gasteiger partial charge in [0, 0.05) is 12.8 Å². The van der Waals surface area contributed by atoms with Crippen molar-refractivity contribution in [3.63, 3.8) is 0 Å². The van der Waals surface area contributed by atoms with E-state index in [0.29, 0.717) is 19.4 Å². The fourth-order valence-electron chi connectivity index (χ4n) is 1.06. The monoisotopic (exact) mass is 200 g/mol. The number of carbonyl (C=O) groups is 1. The third-order valence-corrected chi connectivity index (χ3v) is 1.91. The minimum atomic E-state index is -0.319. The molecule has 0 saturated carbocycles. The van der Waals surface area contributed by atoms with Crippen molar-refractivity contribution in [2.45, 2.75) is 60.0 Å². The second-order valence-electron chi connectivity index (χ2n) is 5.68. The quantitative estimate of drug-likeness (QED) is 0.681. The molecule has 0 fully saturated rings. The molecule has 14 heavy (non-hydrogen) atoms. The maximum Gasteiger partial charge on any atom is 0.135 e. The zero-order valence-electron chi connectivity index (χ0n) is 10.4. The Morgan fingerprint density at radius 3 is 2.00 bits per heavy atom. The number of ketones is 1. The molecule has 0 aliphatic rings. The zero-order chi connectivity index (χ0) is 11.4. The maximum absolute atomic E-state index is 11.3. The van der Waals surface area contributed by atoms with Gasteiger partial charge in [0.2, 0.25) is 0 Å². The van der Waals surface area contributed by atoms with Crippen LogP contribution in [0.4, 0.5) is 0 Å². The van der Waals surface area contributed by atoms with Gasteiger partial charge >= 0.3 is 0 Å². The van der Waals surface area contributed by atoms with Crippen molar-refractivity contribution in [1.82, 2.24) is 0 Å². The largest absolute Gasteiger partial charge is 0.375 e. The highest BCUT2D eigenvalue weighted by atomic mass is 16.5. The van der Waals surface area contributed by atoms with Crippen molar-refractivity contribution >= 4 is 5.78 Å². The van der Waals surface area contributed by atoms with Crippen molar-refractivity contribution in [2.75, 3.05) is 6.61 Å². The topological polar surface area (TPSA) is 26.3 Å². The van der Waals surface area contributed by atoms with Crippen molar-refractivity contribution < 1.29 is 9.53 Å². The van der Waals surface area contributed by atoms with Gasteiger partial charge in [-0.2, -0.15) is 0 Å². The van der Waals surface area contributed by atoms with Gasteiger partial charge in [0.25, 0.3) is 0 Å². The molecule has 0 N–H and O–H groups in total. The Labute approximate surface area is 88.0 Å². The van der Waals surface area contributed by atoms with Crippen LogP contribution in [0.1, 0.15) is 54.4 Å². The number of hydrogen-bond donors (Lipinski definition) is 0. The highest BCUT2D eigenvalue weighted by molar-refractivity contribution is 5.78. The Kier molecular flexibility index (Phi) is 4.79. The molecule has 0 aliphatic carbocycles. The Morgan fingerprint density at radius 1 is 1.14 bits per heavy atom. The van der Waals surface area contributed by atoms with Crippen LogP contribution in [-0.4, -0.2) is 18.0 Å². The number of carbonyl (C=O) groups excluding carboxylic acids is 1. The summed E-state index contributed by atoms with van der Waals surface area (Å²) in [6.07, 6.45) is 1.11. The summed E-state index contributed by atoms with van der Waals surface area (Å²) >= 11 is 0. The Bertz CT molecular complexity index is 187. The number of rotatable bonds is 5. The lowest BCUT2D eigenvalue weighted by atomic mass is 9.96. The Hall–Kier alpha value is -0.370. The van der Waals surface area contributed by atoms with Gasteiger partial charge in [0.05, 0.1) is 12.2 Å². The van der Waals surface area contributed by atoms with Gasteiger partial charge in [0.15, 0.2) is 0 Å². The van der Waals surface area contributed by atoms with E-state index in [-0.39, 0.29) is 16.8 Å². The van der Waals surface area contributed by atoms with Crippen LogP contribution in [0.3, 0.4) is 0 Å². The molecular formula is C12H24O2. The normalized spacial score (nSPS) is 13.0. The second-order valence-corrected chi connectivity index (χ2v) is 5.68. The van der Waals surface area contributed by atoms with E-state index in [1.54, 1.807) is 0 Å². The molecule has 84 valence electrons. The van der Waals surface area contributed by atoms with E-state index in [1.807, 2.05) is 20.8 Å². The molecule has 0 bridgehead atoms. The first-order chi connectivity index (χ1) is 6.16. The molecule has 0 unspecified atom stereocenters. The van der Waals surface area contributed by atoms with E-state index >= 15 is 0 Å². The first-order valence-corrected chi connectivity index (χ1v) is 5.32. The van der Waals surface area contributed by atoms with Crippen LogP contribution >= 0.6 is 0 Å². The number of hydrogen-bond acceptors (Lipinski definition) is 2. The summed E-state index contributed by atoms with van der Waals surface area (Å²) in [5.41, 5.74) is -0.160. The minimum absolute atomic E-state index is 0.159. The summed E-state index contributed by atoms with van der Waals surface area (Å²) in [7, 11) is 0. The SMILES string of the molecule is CCC(=O)CC(C)(C)OCC(C)(C)C. The molecule has 0 saturated heterocycles. The van der Waals surface area contributed by atoms with Gasteiger partial charge in [-0.15, -0.1) is 0 Å². The van der Waals surface area contributed by atoms with E-state index in [1.165, 1.54) is 0 Å². The molecular weight excluding hydrogens is 176 g/mol. The summed E-state index contributed by atoms with van der Waals surface area (Å²) in [6.45, 7) is 12.9. The minimum Gasteiger partial charge on any atom is -0.375 e. The molecule has 0 aromatic heterocycles. The predicted molar refractivity (Wildman–Crippen MR) is 59.4 cm³/mol. The molecule has 0 aromatic rings. The maximum atomic E-state index is 11.3. The van der Waals surface area contributed by atoms with Gasteiger partial charge < -0.3 is 4.74 Å². The number of ether oxygens (including phenoxy) is 1. The molecule has 2 heteroatoms. The van der Waals surface area contributed by atoms with Crippen LogP contribution in [0.15, 0.2) is 0 Å². The molecule has 0 aliphatic heterocycles. The molecule has 2 nitrogen and oxygen atoms in total. The fraction of sp³-hybridized carbons (Fsp3) is 0.917. The second kappa shape index (κ2) is 4.92. The lowest BCUT2D eigenvalue weighted by Crippen LogP contribution is -2.31.